The smallest absolute Gasteiger partial charge is 0.251 e. The van der Waals surface area contributed by atoms with Gasteiger partial charge in [0.05, 0.1) is 6.54 Å². The van der Waals surface area contributed by atoms with Gasteiger partial charge in [-0.2, -0.15) is 0 Å². The van der Waals surface area contributed by atoms with Crippen molar-refractivity contribution in [2.75, 3.05) is 26.2 Å². The Morgan fingerprint density at radius 3 is 2.50 bits per heavy atom. The molecule has 0 saturated heterocycles. The van der Waals surface area contributed by atoms with Gasteiger partial charge in [-0.1, -0.05) is 49.1 Å². The molecule has 0 aromatic heterocycles. The highest BCUT2D eigenvalue weighted by molar-refractivity contribution is 5.94. The van der Waals surface area contributed by atoms with Gasteiger partial charge in [0.15, 0.2) is 5.96 Å². The number of amides is 1. The summed E-state index contributed by atoms with van der Waals surface area (Å²) in [5.41, 5.74) is 1.65. The number of para-hydroxylation sites is 1. The molecule has 28 heavy (non-hydrogen) atoms. The number of nitrogens with one attached hydrogen (secondary N) is 3. The summed E-state index contributed by atoms with van der Waals surface area (Å²) in [6.45, 7) is 8.44. The van der Waals surface area contributed by atoms with Gasteiger partial charge in [-0.25, -0.2) is 4.99 Å². The van der Waals surface area contributed by atoms with Crippen LogP contribution in [-0.2, 0) is 6.54 Å². The normalized spacial score (nSPS) is 10.8. The first-order valence-corrected chi connectivity index (χ1v) is 9.41. The first kappa shape index (κ1) is 21.0. The van der Waals surface area contributed by atoms with E-state index in [-0.39, 0.29) is 5.91 Å². The first-order chi connectivity index (χ1) is 13.7. The van der Waals surface area contributed by atoms with Gasteiger partial charge in [0.1, 0.15) is 12.4 Å². The second-order valence-electron chi connectivity index (χ2n) is 5.95. The van der Waals surface area contributed by atoms with Gasteiger partial charge in [-0.15, -0.1) is 0 Å². The van der Waals surface area contributed by atoms with Crippen molar-refractivity contribution in [1.29, 1.82) is 0 Å². The van der Waals surface area contributed by atoms with E-state index in [2.05, 4.69) is 27.5 Å². The van der Waals surface area contributed by atoms with Crippen LogP contribution >= 0.6 is 0 Å². The van der Waals surface area contributed by atoms with E-state index >= 15 is 0 Å². The number of guanidine groups is 1. The first-order valence-electron chi connectivity index (χ1n) is 9.41. The summed E-state index contributed by atoms with van der Waals surface area (Å²) in [6.07, 6.45) is 1.72. The maximum atomic E-state index is 12.0. The van der Waals surface area contributed by atoms with Gasteiger partial charge in [-0.3, -0.25) is 4.79 Å². The van der Waals surface area contributed by atoms with Crippen molar-refractivity contribution < 1.29 is 9.53 Å². The van der Waals surface area contributed by atoms with E-state index in [0.717, 1.165) is 17.9 Å². The number of carbonyl (C=O) groups excluding carboxylic acids is 1. The van der Waals surface area contributed by atoms with Gasteiger partial charge < -0.3 is 20.7 Å². The summed E-state index contributed by atoms with van der Waals surface area (Å²) in [4.78, 5) is 16.6. The number of ether oxygens (including phenoxy) is 1. The van der Waals surface area contributed by atoms with Crippen molar-refractivity contribution in [3.63, 3.8) is 0 Å². The van der Waals surface area contributed by atoms with Gasteiger partial charge in [0, 0.05) is 30.8 Å². The predicted octanol–water partition coefficient (Wildman–Crippen LogP) is 2.74. The molecule has 0 aliphatic rings. The third kappa shape index (κ3) is 7.15. The number of hydrogen-bond donors (Lipinski definition) is 3. The van der Waals surface area contributed by atoms with Crippen LogP contribution in [0.5, 0.6) is 5.75 Å². The van der Waals surface area contributed by atoms with Gasteiger partial charge >= 0.3 is 0 Å². The third-order valence-corrected chi connectivity index (χ3v) is 3.82. The average molecular weight is 380 g/mol. The fourth-order valence-corrected chi connectivity index (χ4v) is 2.48. The molecule has 0 bridgehead atoms. The standard InChI is InChI=1S/C22H28N4O2/c1-3-16-28-20-13-9-8-12-19(20)17-26-22(23-4-2)25-15-14-24-21(27)18-10-6-5-7-11-18/h3,5-13H,1,4,14-17H2,2H3,(H,24,27)(H2,23,25,26). The zero-order chi connectivity index (χ0) is 20.0. The predicted molar refractivity (Wildman–Crippen MR) is 114 cm³/mol. The molecule has 0 atom stereocenters. The summed E-state index contributed by atoms with van der Waals surface area (Å²) in [5.74, 6) is 1.41. The van der Waals surface area contributed by atoms with Crippen molar-refractivity contribution in [2.24, 2.45) is 4.99 Å². The lowest BCUT2D eigenvalue weighted by Crippen LogP contribution is -2.41. The summed E-state index contributed by atoms with van der Waals surface area (Å²) in [7, 11) is 0. The molecule has 6 heteroatoms. The Morgan fingerprint density at radius 1 is 1.04 bits per heavy atom. The van der Waals surface area contributed by atoms with Gasteiger partial charge in [0.25, 0.3) is 5.91 Å². The number of hydrogen-bond acceptors (Lipinski definition) is 3. The SMILES string of the molecule is C=CCOc1ccccc1CN=C(NCC)NCCNC(=O)c1ccccc1. The molecule has 0 radical (unpaired) electrons. The highest BCUT2D eigenvalue weighted by Gasteiger charge is 2.05. The van der Waals surface area contributed by atoms with E-state index < -0.39 is 0 Å². The lowest BCUT2D eigenvalue weighted by atomic mass is 10.2. The van der Waals surface area contributed by atoms with Crippen molar-refractivity contribution in [1.82, 2.24) is 16.0 Å². The van der Waals surface area contributed by atoms with Crippen LogP contribution in [0.3, 0.4) is 0 Å². The molecular weight excluding hydrogens is 352 g/mol. The average Bonchev–Trinajstić information content (AvgIpc) is 2.74. The van der Waals surface area contributed by atoms with Crippen LogP contribution in [0.15, 0.2) is 72.2 Å². The van der Waals surface area contributed by atoms with E-state index in [1.165, 1.54) is 0 Å². The van der Waals surface area contributed by atoms with Gasteiger partial charge in [0.2, 0.25) is 0 Å². The number of aliphatic imine (C=N–C) groups is 1. The maximum Gasteiger partial charge on any atom is 0.251 e. The minimum Gasteiger partial charge on any atom is -0.489 e. The highest BCUT2D eigenvalue weighted by Crippen LogP contribution is 2.18. The van der Waals surface area contributed by atoms with Crippen LogP contribution in [0, 0.1) is 0 Å². The van der Waals surface area contributed by atoms with Crippen LogP contribution in [0.4, 0.5) is 0 Å². The number of nitrogens with zero attached hydrogens (tertiary/aromatic N) is 1. The molecule has 0 fully saturated rings. The zero-order valence-electron chi connectivity index (χ0n) is 16.3. The van der Waals surface area contributed by atoms with Crippen LogP contribution in [0.25, 0.3) is 0 Å². The fraction of sp³-hybridized carbons (Fsp3) is 0.273. The lowest BCUT2D eigenvalue weighted by Gasteiger charge is -2.13. The Morgan fingerprint density at radius 2 is 1.75 bits per heavy atom. The topological polar surface area (TPSA) is 74.8 Å². The van der Waals surface area contributed by atoms with E-state index in [9.17, 15) is 4.79 Å². The van der Waals surface area contributed by atoms with E-state index in [1.54, 1.807) is 18.2 Å². The highest BCUT2D eigenvalue weighted by atomic mass is 16.5. The molecule has 0 spiro atoms. The molecule has 0 aliphatic carbocycles. The molecule has 6 nitrogen and oxygen atoms in total. The molecule has 2 rings (SSSR count). The third-order valence-electron chi connectivity index (χ3n) is 3.82. The monoisotopic (exact) mass is 380 g/mol. The Balaban J connectivity index is 1.85. The van der Waals surface area contributed by atoms with E-state index in [0.29, 0.717) is 37.8 Å². The van der Waals surface area contributed by atoms with E-state index in [1.807, 2.05) is 49.4 Å². The summed E-state index contributed by atoms with van der Waals surface area (Å²) >= 11 is 0. The minimum atomic E-state index is -0.0855. The summed E-state index contributed by atoms with van der Waals surface area (Å²) < 4.78 is 5.67. The van der Waals surface area contributed by atoms with E-state index in [4.69, 9.17) is 4.74 Å². The van der Waals surface area contributed by atoms with Crippen LogP contribution in [0.2, 0.25) is 0 Å². The molecule has 148 valence electrons. The molecule has 2 aromatic carbocycles. The quantitative estimate of drug-likeness (QED) is 0.256. The second kappa shape index (κ2) is 12.2. The Hall–Kier alpha value is -3.28. The minimum absolute atomic E-state index is 0.0855. The molecule has 0 heterocycles. The fourth-order valence-electron chi connectivity index (χ4n) is 2.48. The van der Waals surface area contributed by atoms with Crippen LogP contribution in [0.1, 0.15) is 22.8 Å². The Kier molecular flexibility index (Phi) is 9.14. The number of rotatable bonds is 10. The molecule has 1 amide bonds. The largest absolute Gasteiger partial charge is 0.489 e. The van der Waals surface area contributed by atoms with Crippen molar-refractivity contribution in [3.8, 4) is 5.75 Å². The second-order valence-corrected chi connectivity index (χ2v) is 5.95. The van der Waals surface area contributed by atoms with Crippen molar-refractivity contribution >= 4 is 11.9 Å². The lowest BCUT2D eigenvalue weighted by molar-refractivity contribution is 0.0954. The number of benzene rings is 2. The summed E-state index contributed by atoms with van der Waals surface area (Å²) in [6, 6.07) is 17.0. The molecule has 0 aliphatic heterocycles. The Labute approximate surface area is 166 Å². The zero-order valence-corrected chi connectivity index (χ0v) is 16.3. The maximum absolute atomic E-state index is 12.0. The van der Waals surface area contributed by atoms with Crippen LogP contribution in [-0.4, -0.2) is 38.1 Å². The molecular formula is C22H28N4O2. The van der Waals surface area contributed by atoms with Crippen molar-refractivity contribution in [2.45, 2.75) is 13.5 Å². The summed E-state index contributed by atoms with van der Waals surface area (Å²) in [5, 5.41) is 9.32. The molecule has 3 N–H and O–H groups in total. The molecule has 0 saturated carbocycles. The Bertz CT molecular complexity index is 775. The van der Waals surface area contributed by atoms with Gasteiger partial charge in [-0.05, 0) is 25.1 Å². The number of carbonyl (C=O) groups is 1. The van der Waals surface area contributed by atoms with Crippen LogP contribution < -0.4 is 20.7 Å². The molecule has 2 aromatic rings. The molecule has 0 unspecified atom stereocenters. The van der Waals surface area contributed by atoms with Crippen molar-refractivity contribution in [3.05, 3.63) is 78.4 Å².